The number of aromatic nitrogens is 9. The first-order valence-corrected chi connectivity index (χ1v) is 40.7. The maximum atomic E-state index is 5.19. The Morgan fingerprint density at radius 2 is 0.508 bits per heavy atom. The van der Waals surface area contributed by atoms with Crippen molar-refractivity contribution in [3.8, 4) is 113 Å². The van der Waals surface area contributed by atoms with Crippen LogP contribution in [0.4, 0.5) is 0 Å². The quantitative estimate of drug-likeness (QED) is 0.122. The standard InChI is InChI=1S/C56H36N4.C55H35N5/c1-3-16-38(17-4-1)44-21-9-10-22-45(44)50-36-49(57-56(58-50)40-18-5-2-6-19-40)39-28-30-42(31-29-39)59-52-26-14-12-24-48(52)54-53(59)34-33-47-46-23-11-13-25-51(46)60(55(47)54)43-32-27-37-15-7-8-20-41(37)35-43;1-3-14-36(15-4-1)40-20-13-21-42(34-40)55-57-53(38-17-5-2-6-18-38)56-54(58-55)39-27-29-43(30-28-39)59-49-25-12-10-23-47(49)51-50(59)33-32-46-45-22-9-11-24-48(45)60(52(46)51)44-31-26-37-16-7-8-19-41(37)35-44/h1-36H;1-35H. The molecule has 0 fully saturated rings. The topological polar surface area (TPSA) is 84.2 Å². The fourth-order valence-corrected chi connectivity index (χ4v) is 18.1. The monoisotopic (exact) mass is 1530 g/mol. The van der Waals surface area contributed by atoms with Gasteiger partial charge in [-0.05, 0) is 153 Å². The van der Waals surface area contributed by atoms with Gasteiger partial charge >= 0.3 is 0 Å². The summed E-state index contributed by atoms with van der Waals surface area (Å²) < 4.78 is 9.72. The van der Waals surface area contributed by atoms with Gasteiger partial charge in [-0.3, -0.25) is 0 Å². The minimum Gasteiger partial charge on any atom is -0.309 e. The SMILES string of the molecule is c1ccc(-c2cccc(-c3nc(-c4ccccc4)nc(-c4ccc(-n5c6ccccc6c6c5ccc5c7ccccc7n(-c7ccc8ccccc8c7)c56)cc4)n3)c2)cc1.c1ccc(-c2nc(-c3ccc(-n4c5ccccc5c5c4ccc4c6ccccc6n(-c6ccc7ccccc7c6)c45)cc3)cc(-c3ccccc3-c3ccccc3)n2)cc1. The van der Waals surface area contributed by atoms with E-state index in [1.807, 2.05) is 54.6 Å². The Labute approximate surface area is 691 Å². The third kappa shape index (κ3) is 11.9. The Morgan fingerprint density at radius 3 is 1.01 bits per heavy atom. The van der Waals surface area contributed by atoms with Crippen LogP contribution in [0.25, 0.3) is 222 Å². The summed E-state index contributed by atoms with van der Waals surface area (Å²) in [5.41, 5.74) is 26.0. The van der Waals surface area contributed by atoms with Crippen molar-refractivity contribution < 1.29 is 0 Å². The molecule has 9 nitrogen and oxygen atoms in total. The second kappa shape index (κ2) is 28.9. The molecule has 24 aromatic rings. The Hall–Kier alpha value is -16.2. The van der Waals surface area contributed by atoms with Crippen molar-refractivity contribution in [1.82, 2.24) is 43.2 Å². The second-order valence-corrected chi connectivity index (χ2v) is 30.6. The third-order valence-corrected chi connectivity index (χ3v) is 23.7. The lowest BCUT2D eigenvalue weighted by atomic mass is 9.96. The molecule has 0 radical (unpaired) electrons. The van der Waals surface area contributed by atoms with Crippen LogP contribution in [0, 0.1) is 0 Å². The highest BCUT2D eigenvalue weighted by Crippen LogP contribution is 2.46. The molecule has 9 heteroatoms. The molecular weight excluding hydrogens is 1460 g/mol. The molecule has 0 aliphatic heterocycles. The number of rotatable bonds is 12. The summed E-state index contributed by atoms with van der Waals surface area (Å²) in [5, 5.41) is 14.8. The van der Waals surface area contributed by atoms with Gasteiger partial charge in [0, 0.05) is 99.2 Å². The van der Waals surface area contributed by atoms with E-state index in [4.69, 9.17) is 24.9 Å². The van der Waals surface area contributed by atoms with Crippen LogP contribution >= 0.6 is 0 Å². The smallest absolute Gasteiger partial charge is 0.164 e. The predicted molar refractivity (Wildman–Crippen MR) is 498 cm³/mol. The molecule has 0 aliphatic rings. The van der Waals surface area contributed by atoms with E-state index in [0.29, 0.717) is 23.3 Å². The zero-order valence-electron chi connectivity index (χ0n) is 65.0. The fourth-order valence-electron chi connectivity index (χ4n) is 18.1. The number of benzene rings is 18. The molecule has 0 spiro atoms. The van der Waals surface area contributed by atoms with Gasteiger partial charge in [-0.15, -0.1) is 0 Å². The van der Waals surface area contributed by atoms with Crippen molar-refractivity contribution in [3.05, 3.63) is 431 Å². The van der Waals surface area contributed by atoms with E-state index in [1.54, 1.807) is 0 Å². The molecule has 6 aromatic heterocycles. The first-order valence-electron chi connectivity index (χ1n) is 40.7. The van der Waals surface area contributed by atoms with Crippen LogP contribution in [-0.4, -0.2) is 43.2 Å². The fraction of sp³-hybridized carbons (Fsp3) is 0. The summed E-state index contributed by atoms with van der Waals surface area (Å²) in [6.45, 7) is 0. The number of para-hydroxylation sites is 4. The minimum absolute atomic E-state index is 0.624. The second-order valence-electron chi connectivity index (χ2n) is 30.6. The molecule has 0 unspecified atom stereocenters. The zero-order valence-corrected chi connectivity index (χ0v) is 65.0. The Balaban J connectivity index is 0.000000140. The molecule has 24 rings (SSSR count). The van der Waals surface area contributed by atoms with E-state index in [2.05, 4.69) is 394 Å². The molecule has 6 heterocycles. The number of fused-ring (bicyclic) bond motifs is 16. The van der Waals surface area contributed by atoms with Crippen molar-refractivity contribution in [1.29, 1.82) is 0 Å². The average Bonchev–Trinajstić information content (AvgIpc) is 1.55. The van der Waals surface area contributed by atoms with Crippen LogP contribution in [0.1, 0.15) is 0 Å². The summed E-state index contributed by atoms with van der Waals surface area (Å²) >= 11 is 0. The molecule has 0 saturated carbocycles. The largest absolute Gasteiger partial charge is 0.309 e. The first kappa shape index (κ1) is 69.3. The third-order valence-electron chi connectivity index (χ3n) is 23.7. The molecular formula is C111H71N9. The van der Waals surface area contributed by atoms with Crippen molar-refractivity contribution in [2.24, 2.45) is 0 Å². The van der Waals surface area contributed by atoms with E-state index < -0.39 is 0 Å². The van der Waals surface area contributed by atoms with Crippen molar-refractivity contribution in [2.75, 3.05) is 0 Å². The van der Waals surface area contributed by atoms with Gasteiger partial charge in [0.15, 0.2) is 23.3 Å². The highest BCUT2D eigenvalue weighted by Gasteiger charge is 2.25. The van der Waals surface area contributed by atoms with E-state index >= 15 is 0 Å². The highest BCUT2D eigenvalue weighted by atomic mass is 15.1. The Morgan fingerprint density at radius 1 is 0.158 bits per heavy atom. The average molecular weight is 1530 g/mol. The first-order chi connectivity index (χ1) is 59.5. The van der Waals surface area contributed by atoms with E-state index in [0.717, 1.165) is 112 Å². The summed E-state index contributed by atoms with van der Waals surface area (Å²) in [7, 11) is 0. The van der Waals surface area contributed by atoms with Crippen LogP contribution in [-0.2, 0) is 0 Å². The van der Waals surface area contributed by atoms with Gasteiger partial charge < -0.3 is 18.3 Å². The van der Waals surface area contributed by atoms with Crippen molar-refractivity contribution in [3.63, 3.8) is 0 Å². The lowest BCUT2D eigenvalue weighted by Crippen LogP contribution is -2.00. The molecule has 0 saturated heterocycles. The van der Waals surface area contributed by atoms with E-state index in [1.165, 1.54) is 86.7 Å². The molecule has 0 bridgehead atoms. The van der Waals surface area contributed by atoms with E-state index in [9.17, 15) is 0 Å². The van der Waals surface area contributed by atoms with Gasteiger partial charge in [0.1, 0.15) is 0 Å². The van der Waals surface area contributed by atoms with Crippen LogP contribution in [0.5, 0.6) is 0 Å². The summed E-state index contributed by atoms with van der Waals surface area (Å²) in [4.78, 5) is 25.5. The zero-order chi connectivity index (χ0) is 79.1. The van der Waals surface area contributed by atoms with Gasteiger partial charge in [0.25, 0.3) is 0 Å². The summed E-state index contributed by atoms with van der Waals surface area (Å²) in [6.07, 6.45) is 0. The molecule has 0 amide bonds. The molecule has 0 atom stereocenters. The molecule has 0 N–H and O–H groups in total. The molecule has 560 valence electrons. The summed E-state index contributed by atoms with van der Waals surface area (Å²) in [5.74, 6) is 2.59. The van der Waals surface area contributed by atoms with Gasteiger partial charge in [-0.2, -0.15) is 0 Å². The van der Waals surface area contributed by atoms with Crippen molar-refractivity contribution >= 4 is 109 Å². The molecule has 120 heavy (non-hydrogen) atoms. The molecule has 18 aromatic carbocycles. The van der Waals surface area contributed by atoms with Crippen LogP contribution in [0.2, 0.25) is 0 Å². The van der Waals surface area contributed by atoms with Gasteiger partial charge in [-0.25, -0.2) is 24.9 Å². The molecule has 0 aliphatic carbocycles. The number of hydrogen-bond acceptors (Lipinski definition) is 5. The number of nitrogens with zero attached hydrogens (tertiary/aromatic N) is 9. The number of hydrogen-bond donors (Lipinski definition) is 0. The maximum absolute atomic E-state index is 5.19. The van der Waals surface area contributed by atoms with Crippen LogP contribution in [0.3, 0.4) is 0 Å². The highest BCUT2D eigenvalue weighted by molar-refractivity contribution is 6.28. The lowest BCUT2D eigenvalue weighted by Gasteiger charge is -2.14. The van der Waals surface area contributed by atoms with Crippen molar-refractivity contribution in [2.45, 2.75) is 0 Å². The van der Waals surface area contributed by atoms with Gasteiger partial charge in [-0.1, -0.05) is 322 Å². The Kier molecular flexibility index (Phi) is 16.7. The lowest BCUT2D eigenvalue weighted by molar-refractivity contribution is 1.07. The van der Waals surface area contributed by atoms with Crippen LogP contribution in [0.15, 0.2) is 431 Å². The predicted octanol–water partition coefficient (Wildman–Crippen LogP) is 28.4. The van der Waals surface area contributed by atoms with Gasteiger partial charge in [0.2, 0.25) is 0 Å². The van der Waals surface area contributed by atoms with Gasteiger partial charge in [0.05, 0.1) is 55.5 Å². The Bertz CT molecular complexity index is 8130. The minimum atomic E-state index is 0.624. The van der Waals surface area contributed by atoms with Crippen LogP contribution < -0.4 is 0 Å². The maximum Gasteiger partial charge on any atom is 0.164 e. The summed E-state index contributed by atoms with van der Waals surface area (Å²) in [6, 6.07) is 153. The van der Waals surface area contributed by atoms with E-state index in [-0.39, 0.29) is 0 Å². The normalized spacial score (nSPS) is 11.7.